The third kappa shape index (κ3) is 5.78. The van der Waals surface area contributed by atoms with E-state index in [1.165, 1.54) is 0 Å². The van der Waals surface area contributed by atoms with E-state index >= 15 is 0 Å². The first-order chi connectivity index (χ1) is 16.7. The van der Waals surface area contributed by atoms with Gasteiger partial charge in [-0.05, 0) is 37.8 Å². The second kappa shape index (κ2) is 10.2. The number of halogens is 3. The van der Waals surface area contributed by atoms with E-state index < -0.39 is 29.1 Å². The fourth-order valence-corrected chi connectivity index (χ4v) is 4.08. The zero-order valence-corrected chi connectivity index (χ0v) is 18.5. The van der Waals surface area contributed by atoms with Crippen LogP contribution in [0.4, 0.5) is 13.2 Å². The molecule has 3 aromatic rings. The van der Waals surface area contributed by atoms with E-state index in [0.29, 0.717) is 37.3 Å². The molecule has 13 heteroatoms. The number of amides is 2. The van der Waals surface area contributed by atoms with Crippen LogP contribution in [0.25, 0.3) is 5.69 Å². The molecule has 35 heavy (non-hydrogen) atoms. The largest absolute Gasteiger partial charge is 0.435 e. The van der Waals surface area contributed by atoms with Crippen molar-refractivity contribution in [2.45, 2.75) is 37.8 Å². The predicted molar refractivity (Wildman–Crippen MR) is 116 cm³/mol. The van der Waals surface area contributed by atoms with E-state index in [4.69, 9.17) is 4.42 Å². The minimum absolute atomic E-state index is 0.0306. The molecule has 1 aromatic carbocycles. The van der Waals surface area contributed by atoms with Crippen LogP contribution >= 0.6 is 0 Å². The van der Waals surface area contributed by atoms with Gasteiger partial charge in [-0.25, -0.2) is 14.6 Å². The second-order valence-electron chi connectivity index (χ2n) is 8.22. The number of nitrogens with one attached hydrogen (secondary N) is 3. The van der Waals surface area contributed by atoms with Gasteiger partial charge < -0.3 is 15.1 Å². The zero-order valence-electron chi connectivity index (χ0n) is 18.5. The molecule has 1 fully saturated rings. The Morgan fingerprint density at radius 3 is 2.40 bits per heavy atom. The molecule has 1 aliphatic rings. The molecular formula is C22H23F3N6O4. The summed E-state index contributed by atoms with van der Waals surface area (Å²) in [6, 6.07) is 8.15. The summed E-state index contributed by atoms with van der Waals surface area (Å²) in [5.41, 5.74) is -1.50. The predicted octanol–water partition coefficient (Wildman–Crippen LogP) is 2.39. The van der Waals surface area contributed by atoms with Gasteiger partial charge in [-0.15, -0.1) is 5.10 Å². The number of rotatable bonds is 7. The van der Waals surface area contributed by atoms with Crippen molar-refractivity contribution in [1.29, 1.82) is 0 Å². The molecule has 0 unspecified atom stereocenters. The van der Waals surface area contributed by atoms with Crippen LogP contribution in [0.5, 0.6) is 0 Å². The van der Waals surface area contributed by atoms with Crippen LogP contribution in [-0.4, -0.2) is 44.9 Å². The van der Waals surface area contributed by atoms with E-state index in [-0.39, 0.29) is 30.8 Å². The first kappa shape index (κ1) is 24.2. The zero-order chi connectivity index (χ0) is 25.0. The lowest BCUT2D eigenvalue weighted by Crippen LogP contribution is -2.38. The number of carbonyl (C=O) groups excluding carboxylic acids is 2. The molecule has 2 aromatic heterocycles. The second-order valence-corrected chi connectivity index (χ2v) is 8.22. The Bertz CT molecular complexity index is 1230. The van der Waals surface area contributed by atoms with Crippen LogP contribution < -0.4 is 16.4 Å². The van der Waals surface area contributed by atoms with Crippen LogP contribution in [0.2, 0.25) is 0 Å². The lowest BCUT2D eigenvalue weighted by molar-refractivity contribution is -0.141. The number of para-hydroxylation sites is 1. The molecule has 0 bridgehead atoms. The van der Waals surface area contributed by atoms with Crippen molar-refractivity contribution < 1.29 is 27.2 Å². The van der Waals surface area contributed by atoms with Gasteiger partial charge in [0.2, 0.25) is 11.8 Å². The summed E-state index contributed by atoms with van der Waals surface area (Å²) < 4.78 is 46.3. The van der Waals surface area contributed by atoms with E-state index in [1.54, 1.807) is 30.3 Å². The highest BCUT2D eigenvalue weighted by atomic mass is 19.4. The van der Waals surface area contributed by atoms with Crippen LogP contribution in [0.3, 0.4) is 0 Å². The summed E-state index contributed by atoms with van der Waals surface area (Å²) in [5, 5.41) is 14.7. The number of benzene rings is 1. The average Bonchev–Trinajstić information content (AvgIpc) is 3.49. The molecule has 0 saturated heterocycles. The third-order valence-electron chi connectivity index (χ3n) is 5.86. The maximum atomic E-state index is 13.4. The Hall–Kier alpha value is -3.90. The summed E-state index contributed by atoms with van der Waals surface area (Å²) in [7, 11) is 0. The third-order valence-corrected chi connectivity index (χ3v) is 5.86. The smallest absolute Gasteiger partial charge is 0.392 e. The van der Waals surface area contributed by atoms with Crippen LogP contribution in [-0.2, 0) is 11.0 Å². The quantitative estimate of drug-likeness (QED) is 0.434. The highest BCUT2D eigenvalue weighted by Crippen LogP contribution is 2.34. The fraction of sp³-hybridized carbons (Fsp3) is 0.409. The molecule has 4 rings (SSSR count). The van der Waals surface area contributed by atoms with Crippen molar-refractivity contribution in [3.63, 3.8) is 0 Å². The van der Waals surface area contributed by atoms with Crippen molar-refractivity contribution in [3.05, 3.63) is 64.2 Å². The highest BCUT2D eigenvalue weighted by molar-refractivity contribution is 5.95. The summed E-state index contributed by atoms with van der Waals surface area (Å²) in [6.45, 7) is 0.0130. The van der Waals surface area contributed by atoms with Crippen molar-refractivity contribution in [2.75, 3.05) is 13.1 Å². The van der Waals surface area contributed by atoms with Gasteiger partial charge in [0.15, 0.2) is 5.69 Å². The normalized spacial score (nSPS) is 18.3. The van der Waals surface area contributed by atoms with Crippen LogP contribution in [0, 0.1) is 5.92 Å². The van der Waals surface area contributed by atoms with Gasteiger partial charge in [0.05, 0.1) is 11.3 Å². The van der Waals surface area contributed by atoms with E-state index in [2.05, 4.69) is 25.9 Å². The Kier molecular flexibility index (Phi) is 7.03. The molecule has 0 radical (unpaired) electrons. The number of aromatic nitrogens is 4. The molecule has 0 atom stereocenters. The van der Waals surface area contributed by atoms with Gasteiger partial charge in [0.25, 0.3) is 5.91 Å². The molecule has 2 heterocycles. The topological polar surface area (TPSA) is 135 Å². The lowest BCUT2D eigenvalue weighted by Gasteiger charge is -2.25. The van der Waals surface area contributed by atoms with Gasteiger partial charge in [-0.2, -0.15) is 18.3 Å². The number of hydrogen-bond donors (Lipinski definition) is 3. The maximum absolute atomic E-state index is 13.4. The number of aromatic amines is 1. The Morgan fingerprint density at radius 2 is 1.77 bits per heavy atom. The van der Waals surface area contributed by atoms with Crippen LogP contribution in [0.15, 0.2) is 45.7 Å². The summed E-state index contributed by atoms with van der Waals surface area (Å²) in [4.78, 5) is 36.0. The van der Waals surface area contributed by atoms with E-state index in [1.807, 2.05) is 0 Å². The Morgan fingerprint density at radius 1 is 1.09 bits per heavy atom. The van der Waals surface area contributed by atoms with Gasteiger partial charge in [-0.3, -0.25) is 9.59 Å². The number of carbonyl (C=O) groups is 2. The summed E-state index contributed by atoms with van der Waals surface area (Å²) in [5.74, 6) is -1.68. The number of alkyl halides is 3. The van der Waals surface area contributed by atoms with Gasteiger partial charge >= 0.3 is 11.9 Å². The molecule has 1 aliphatic carbocycles. The number of nitrogens with zero attached hydrogens (tertiary/aromatic N) is 3. The first-order valence-electron chi connectivity index (χ1n) is 11.1. The molecule has 1 saturated carbocycles. The summed E-state index contributed by atoms with van der Waals surface area (Å²) >= 11 is 0. The molecule has 2 amide bonds. The van der Waals surface area contributed by atoms with E-state index in [0.717, 1.165) is 10.9 Å². The first-order valence-corrected chi connectivity index (χ1v) is 11.1. The maximum Gasteiger partial charge on any atom is 0.435 e. The van der Waals surface area contributed by atoms with Gasteiger partial charge in [0, 0.05) is 31.1 Å². The van der Waals surface area contributed by atoms with Gasteiger partial charge in [0.1, 0.15) is 0 Å². The minimum Gasteiger partial charge on any atom is -0.392 e. The fourth-order valence-electron chi connectivity index (χ4n) is 4.08. The Labute approximate surface area is 196 Å². The van der Waals surface area contributed by atoms with Crippen LogP contribution in [0.1, 0.15) is 53.5 Å². The van der Waals surface area contributed by atoms with Gasteiger partial charge in [-0.1, -0.05) is 18.2 Å². The summed E-state index contributed by atoms with van der Waals surface area (Å²) in [6.07, 6.45) is -1.35. The van der Waals surface area contributed by atoms with Crippen molar-refractivity contribution in [1.82, 2.24) is 30.6 Å². The van der Waals surface area contributed by atoms with Crippen molar-refractivity contribution in [3.8, 4) is 5.69 Å². The molecule has 10 nitrogen and oxygen atoms in total. The van der Waals surface area contributed by atoms with E-state index in [9.17, 15) is 27.6 Å². The molecule has 0 spiro atoms. The standard InChI is InChI=1S/C22H23F3N6O4/c23-22(24,25)17-16(12-31(30-17)15-4-2-1-3-5-15)19(33)27-11-10-26-18(32)13-6-8-14(9-7-13)20-28-29-21(34)35-20/h1-5,12-14H,6-11H2,(H,26,32)(H,27,33)(H,29,34)/t13-,14-. The van der Waals surface area contributed by atoms with Crippen molar-refractivity contribution in [2.24, 2.45) is 5.92 Å². The highest BCUT2D eigenvalue weighted by Gasteiger charge is 2.39. The monoisotopic (exact) mass is 492 g/mol. The SMILES string of the molecule is O=C(NCCNC(=O)[C@H]1CC[C@H](c2n[nH]c(=O)o2)CC1)c1cn(-c2ccccc2)nc1C(F)(F)F. The Balaban J connectivity index is 1.27. The average molecular weight is 492 g/mol. The number of H-pyrrole nitrogens is 1. The minimum atomic E-state index is -4.81. The molecular weight excluding hydrogens is 469 g/mol. The van der Waals surface area contributed by atoms with Crippen molar-refractivity contribution >= 4 is 11.8 Å². The molecule has 3 N–H and O–H groups in total. The number of hydrogen-bond acceptors (Lipinski definition) is 6. The molecule has 186 valence electrons. The lowest BCUT2D eigenvalue weighted by atomic mass is 9.81. The molecule has 0 aliphatic heterocycles.